The first kappa shape index (κ1) is 12.5. The van der Waals surface area contributed by atoms with Gasteiger partial charge < -0.3 is 0 Å². The molecule has 0 unspecified atom stereocenters. The molecule has 3 aromatic rings. The van der Waals surface area contributed by atoms with Gasteiger partial charge in [0.1, 0.15) is 17.3 Å². The maximum absolute atomic E-state index is 13.3. The molecule has 0 radical (unpaired) electrons. The van der Waals surface area contributed by atoms with E-state index in [0.717, 1.165) is 26.2 Å². The Morgan fingerprint density at radius 3 is 2.68 bits per heavy atom. The second kappa shape index (κ2) is 4.54. The van der Waals surface area contributed by atoms with Crippen molar-refractivity contribution in [3.63, 3.8) is 0 Å². The summed E-state index contributed by atoms with van der Waals surface area (Å²) in [5, 5.41) is 0.461. The van der Waals surface area contributed by atoms with E-state index in [-0.39, 0.29) is 5.82 Å². The molecule has 0 spiro atoms. The van der Waals surface area contributed by atoms with Gasteiger partial charge in [0.2, 0.25) is 0 Å². The Balaban J connectivity index is 2.28. The minimum Gasteiger partial charge on any atom is -0.235 e. The summed E-state index contributed by atoms with van der Waals surface area (Å²) in [7, 11) is 0. The van der Waals surface area contributed by atoms with E-state index in [1.807, 2.05) is 13.0 Å². The van der Waals surface area contributed by atoms with Crippen molar-refractivity contribution >= 4 is 33.2 Å². The summed E-state index contributed by atoms with van der Waals surface area (Å²) in [5.41, 5.74) is 3.53. The maximum atomic E-state index is 13.3. The van der Waals surface area contributed by atoms with Gasteiger partial charge in [0.15, 0.2) is 0 Å². The monoisotopic (exact) mass is 292 g/mol. The third-order valence-corrected chi connectivity index (χ3v) is 4.82. The number of fused-ring (bicyclic) bond motifs is 1. The summed E-state index contributed by atoms with van der Waals surface area (Å²) in [6, 6.07) is 5.11. The highest BCUT2D eigenvalue weighted by Gasteiger charge is 2.14. The topological polar surface area (TPSA) is 25.8 Å². The molecule has 0 N–H and O–H groups in total. The lowest BCUT2D eigenvalue weighted by atomic mass is 10.1. The zero-order valence-corrected chi connectivity index (χ0v) is 11.9. The normalized spacial score (nSPS) is 11.2. The second-order valence-electron chi connectivity index (χ2n) is 4.36. The van der Waals surface area contributed by atoms with Gasteiger partial charge in [0, 0.05) is 4.88 Å². The summed E-state index contributed by atoms with van der Waals surface area (Å²) >= 11 is 7.62. The van der Waals surface area contributed by atoms with Gasteiger partial charge in [0.25, 0.3) is 0 Å². The van der Waals surface area contributed by atoms with Crippen molar-refractivity contribution in [1.82, 2.24) is 9.97 Å². The molecule has 0 saturated carbocycles. The average Bonchev–Trinajstić information content (AvgIpc) is 2.72. The van der Waals surface area contributed by atoms with Gasteiger partial charge in [-0.15, -0.1) is 11.3 Å². The van der Waals surface area contributed by atoms with E-state index < -0.39 is 0 Å². The van der Waals surface area contributed by atoms with Crippen LogP contribution in [0.2, 0.25) is 5.15 Å². The van der Waals surface area contributed by atoms with Gasteiger partial charge in [-0.2, -0.15) is 0 Å². The van der Waals surface area contributed by atoms with Crippen molar-refractivity contribution in [3.05, 3.63) is 46.6 Å². The molecule has 96 valence electrons. The molecule has 5 heteroatoms. The number of thiophene rings is 1. The minimum absolute atomic E-state index is 0.194. The molecule has 2 aromatic heterocycles. The molecule has 2 nitrogen and oxygen atoms in total. The Morgan fingerprint density at radius 1 is 1.21 bits per heavy atom. The molecule has 19 heavy (non-hydrogen) atoms. The molecule has 0 bridgehead atoms. The number of aryl methyl sites for hydroxylation is 2. The highest BCUT2D eigenvalue weighted by Crippen LogP contribution is 2.39. The van der Waals surface area contributed by atoms with E-state index in [9.17, 15) is 4.39 Å². The summed E-state index contributed by atoms with van der Waals surface area (Å²) in [5.74, 6) is -0.194. The smallest absolute Gasteiger partial charge is 0.150 e. The molecule has 2 heterocycles. The number of halogens is 2. The van der Waals surface area contributed by atoms with Crippen LogP contribution in [0.1, 0.15) is 11.1 Å². The lowest BCUT2D eigenvalue weighted by molar-refractivity contribution is 0.619. The van der Waals surface area contributed by atoms with Crippen molar-refractivity contribution in [3.8, 4) is 10.4 Å². The molecular formula is C14H10ClFN2S. The van der Waals surface area contributed by atoms with Crippen molar-refractivity contribution in [2.24, 2.45) is 0 Å². The van der Waals surface area contributed by atoms with Crippen LogP contribution in [-0.2, 0) is 0 Å². The predicted molar refractivity (Wildman–Crippen MR) is 77.3 cm³/mol. The van der Waals surface area contributed by atoms with Crippen LogP contribution in [0.5, 0.6) is 0 Å². The van der Waals surface area contributed by atoms with Crippen molar-refractivity contribution < 1.29 is 4.39 Å². The van der Waals surface area contributed by atoms with Crippen LogP contribution in [0.25, 0.3) is 20.7 Å². The molecule has 1 aromatic carbocycles. The van der Waals surface area contributed by atoms with Crippen LogP contribution in [0, 0.1) is 19.7 Å². The molecule has 0 aliphatic carbocycles. The Bertz CT molecular complexity index is 782. The SMILES string of the molecule is Cc1cc(-c2sc3c(Cl)ncnc3c2C)ccc1F. The second-order valence-corrected chi connectivity index (χ2v) is 5.74. The quantitative estimate of drug-likeness (QED) is 0.604. The Kier molecular flexibility index (Phi) is 2.99. The van der Waals surface area contributed by atoms with E-state index in [1.54, 1.807) is 13.0 Å². The van der Waals surface area contributed by atoms with Crippen LogP contribution in [-0.4, -0.2) is 9.97 Å². The third kappa shape index (κ3) is 2.01. The molecule has 0 amide bonds. The number of nitrogens with zero attached hydrogens (tertiary/aromatic N) is 2. The molecule has 0 atom stereocenters. The molecule has 3 rings (SSSR count). The standard InChI is InChI=1S/C14H10ClFN2S/c1-7-5-9(3-4-10(7)16)12-8(2)11-13(19-12)14(15)18-6-17-11/h3-6H,1-2H3. The summed E-state index contributed by atoms with van der Waals surface area (Å²) in [6.45, 7) is 3.75. The van der Waals surface area contributed by atoms with Gasteiger partial charge >= 0.3 is 0 Å². The minimum atomic E-state index is -0.194. The van der Waals surface area contributed by atoms with Crippen molar-refractivity contribution in [1.29, 1.82) is 0 Å². The number of hydrogen-bond acceptors (Lipinski definition) is 3. The van der Waals surface area contributed by atoms with E-state index >= 15 is 0 Å². The Morgan fingerprint density at radius 2 is 2.00 bits per heavy atom. The number of aromatic nitrogens is 2. The first-order valence-corrected chi connectivity index (χ1v) is 6.93. The molecule has 0 saturated heterocycles. The van der Waals surface area contributed by atoms with Crippen LogP contribution < -0.4 is 0 Å². The van der Waals surface area contributed by atoms with E-state index in [2.05, 4.69) is 9.97 Å². The molecular weight excluding hydrogens is 283 g/mol. The van der Waals surface area contributed by atoms with Crippen LogP contribution in [0.3, 0.4) is 0 Å². The third-order valence-electron chi connectivity index (χ3n) is 3.08. The van der Waals surface area contributed by atoms with Gasteiger partial charge in [0.05, 0.1) is 10.2 Å². The zero-order chi connectivity index (χ0) is 13.6. The van der Waals surface area contributed by atoms with Gasteiger partial charge in [-0.1, -0.05) is 17.7 Å². The fraction of sp³-hybridized carbons (Fsp3) is 0.143. The van der Waals surface area contributed by atoms with Gasteiger partial charge in [-0.25, -0.2) is 14.4 Å². The Hall–Kier alpha value is -1.52. The number of benzene rings is 1. The first-order chi connectivity index (χ1) is 9.08. The van der Waals surface area contributed by atoms with Gasteiger partial charge in [-0.3, -0.25) is 0 Å². The van der Waals surface area contributed by atoms with Crippen molar-refractivity contribution in [2.75, 3.05) is 0 Å². The maximum Gasteiger partial charge on any atom is 0.150 e. The fourth-order valence-corrected chi connectivity index (χ4v) is 3.44. The van der Waals surface area contributed by atoms with Crippen LogP contribution in [0.4, 0.5) is 4.39 Å². The van der Waals surface area contributed by atoms with E-state index in [0.29, 0.717) is 10.7 Å². The predicted octanol–water partition coefficient (Wildman–Crippen LogP) is 4.77. The summed E-state index contributed by atoms with van der Waals surface area (Å²) in [6.07, 6.45) is 1.46. The van der Waals surface area contributed by atoms with Crippen molar-refractivity contribution in [2.45, 2.75) is 13.8 Å². The Labute approximate surface area is 118 Å². The lowest BCUT2D eigenvalue weighted by Crippen LogP contribution is -1.84. The molecule has 0 aliphatic rings. The zero-order valence-electron chi connectivity index (χ0n) is 10.4. The lowest BCUT2D eigenvalue weighted by Gasteiger charge is -2.02. The highest BCUT2D eigenvalue weighted by atomic mass is 35.5. The largest absolute Gasteiger partial charge is 0.235 e. The fourth-order valence-electron chi connectivity index (χ4n) is 2.06. The molecule has 0 aliphatic heterocycles. The first-order valence-electron chi connectivity index (χ1n) is 5.74. The van der Waals surface area contributed by atoms with Gasteiger partial charge in [-0.05, 0) is 42.7 Å². The van der Waals surface area contributed by atoms with E-state index in [4.69, 9.17) is 11.6 Å². The van der Waals surface area contributed by atoms with E-state index in [1.165, 1.54) is 23.7 Å². The van der Waals surface area contributed by atoms with Crippen LogP contribution in [0.15, 0.2) is 24.5 Å². The number of rotatable bonds is 1. The average molecular weight is 293 g/mol. The number of hydrogen-bond donors (Lipinski definition) is 0. The summed E-state index contributed by atoms with van der Waals surface area (Å²) < 4.78 is 14.2. The molecule has 0 fully saturated rings. The summed E-state index contributed by atoms with van der Waals surface area (Å²) in [4.78, 5) is 9.32. The highest BCUT2D eigenvalue weighted by molar-refractivity contribution is 7.23. The van der Waals surface area contributed by atoms with Crippen LogP contribution >= 0.6 is 22.9 Å².